The van der Waals surface area contributed by atoms with Crippen molar-refractivity contribution in [3.8, 4) is 0 Å². The van der Waals surface area contributed by atoms with Gasteiger partial charge in [-0.15, -0.1) is 0 Å². The van der Waals surface area contributed by atoms with Crippen LogP contribution < -0.4 is 0 Å². The van der Waals surface area contributed by atoms with Crippen LogP contribution in [0.2, 0.25) is 0 Å². The van der Waals surface area contributed by atoms with E-state index in [9.17, 15) is 9.59 Å². The molecule has 2 aromatic carbocycles. The summed E-state index contributed by atoms with van der Waals surface area (Å²) < 4.78 is 0. The molecule has 0 N–H and O–H groups in total. The Morgan fingerprint density at radius 3 is 2.14 bits per heavy atom. The Morgan fingerprint density at radius 2 is 1.55 bits per heavy atom. The highest BCUT2D eigenvalue weighted by Gasteiger charge is 2.18. The Labute approximate surface area is 132 Å². The second kappa shape index (κ2) is 7.69. The monoisotopic (exact) mass is 294 g/mol. The van der Waals surface area contributed by atoms with Crippen LogP contribution in [0.1, 0.15) is 41.8 Å². The fraction of sp³-hybridized carbons (Fsp3) is 0.300. The number of hydrogen-bond donors (Lipinski definition) is 0. The minimum atomic E-state index is -0.274. The molecule has 0 aliphatic carbocycles. The molecule has 114 valence electrons. The topological polar surface area (TPSA) is 34.1 Å². The summed E-state index contributed by atoms with van der Waals surface area (Å²) in [7, 11) is 0. The van der Waals surface area contributed by atoms with E-state index in [0.29, 0.717) is 18.4 Å². The molecule has 1 atom stereocenters. The highest BCUT2D eigenvalue weighted by molar-refractivity contribution is 6.00. The maximum absolute atomic E-state index is 12.4. The average molecular weight is 294 g/mol. The Kier molecular flexibility index (Phi) is 5.65. The van der Waals surface area contributed by atoms with E-state index in [2.05, 4.69) is 6.92 Å². The van der Waals surface area contributed by atoms with Gasteiger partial charge >= 0.3 is 0 Å². The van der Waals surface area contributed by atoms with Crippen molar-refractivity contribution in [2.24, 2.45) is 5.92 Å². The van der Waals surface area contributed by atoms with E-state index < -0.39 is 0 Å². The van der Waals surface area contributed by atoms with Gasteiger partial charge in [-0.05, 0) is 17.5 Å². The highest BCUT2D eigenvalue weighted by Crippen LogP contribution is 2.15. The standard InChI is InChI=1S/C20H22O2/c1-3-16-9-11-18(12-10-16)20(22)15(2)13-19(21)14-17-7-5-4-6-8-17/h4-12,15H,3,13-14H2,1-2H3. The fourth-order valence-electron chi connectivity index (χ4n) is 2.52. The Morgan fingerprint density at radius 1 is 0.909 bits per heavy atom. The zero-order chi connectivity index (χ0) is 15.9. The van der Waals surface area contributed by atoms with Crippen LogP contribution in [0.3, 0.4) is 0 Å². The van der Waals surface area contributed by atoms with Gasteiger partial charge in [0.1, 0.15) is 5.78 Å². The first-order chi connectivity index (χ1) is 10.6. The van der Waals surface area contributed by atoms with Crippen LogP contribution in [0.25, 0.3) is 0 Å². The second-order valence-electron chi connectivity index (χ2n) is 5.72. The van der Waals surface area contributed by atoms with Gasteiger partial charge in [-0.3, -0.25) is 9.59 Å². The normalized spacial score (nSPS) is 11.9. The molecular formula is C20H22O2. The van der Waals surface area contributed by atoms with E-state index in [1.807, 2.05) is 61.5 Å². The summed E-state index contributed by atoms with van der Waals surface area (Å²) in [5, 5.41) is 0. The first-order valence-corrected chi connectivity index (χ1v) is 7.79. The molecule has 0 radical (unpaired) electrons. The number of ketones is 2. The molecule has 0 bridgehead atoms. The third-order valence-electron chi connectivity index (χ3n) is 3.87. The number of benzene rings is 2. The minimum absolute atomic E-state index is 0.0454. The van der Waals surface area contributed by atoms with Crippen molar-refractivity contribution < 1.29 is 9.59 Å². The van der Waals surface area contributed by atoms with Gasteiger partial charge in [0.15, 0.2) is 5.78 Å². The van der Waals surface area contributed by atoms with Crippen LogP contribution in [0, 0.1) is 5.92 Å². The predicted molar refractivity (Wildman–Crippen MR) is 89.1 cm³/mol. The number of carbonyl (C=O) groups is 2. The van der Waals surface area contributed by atoms with Crippen LogP contribution >= 0.6 is 0 Å². The zero-order valence-corrected chi connectivity index (χ0v) is 13.2. The van der Waals surface area contributed by atoms with Crippen molar-refractivity contribution in [2.45, 2.75) is 33.1 Å². The first-order valence-electron chi connectivity index (χ1n) is 7.79. The van der Waals surface area contributed by atoms with Gasteiger partial charge in [0.05, 0.1) is 0 Å². The summed E-state index contributed by atoms with van der Waals surface area (Å²) in [5.74, 6) is -0.120. The van der Waals surface area contributed by atoms with E-state index in [4.69, 9.17) is 0 Å². The molecule has 0 aromatic heterocycles. The minimum Gasteiger partial charge on any atom is -0.299 e. The van der Waals surface area contributed by atoms with Gasteiger partial charge in [0.25, 0.3) is 0 Å². The van der Waals surface area contributed by atoms with Crippen molar-refractivity contribution in [1.82, 2.24) is 0 Å². The fourth-order valence-corrected chi connectivity index (χ4v) is 2.52. The van der Waals surface area contributed by atoms with Crippen molar-refractivity contribution in [1.29, 1.82) is 0 Å². The lowest BCUT2D eigenvalue weighted by Crippen LogP contribution is -2.17. The second-order valence-corrected chi connectivity index (χ2v) is 5.72. The molecule has 0 spiro atoms. The Hall–Kier alpha value is -2.22. The molecule has 2 heteroatoms. The lowest BCUT2D eigenvalue weighted by Gasteiger charge is -2.10. The van der Waals surface area contributed by atoms with E-state index >= 15 is 0 Å². The van der Waals surface area contributed by atoms with Gasteiger partial charge in [-0.25, -0.2) is 0 Å². The summed E-state index contributed by atoms with van der Waals surface area (Å²) in [5.41, 5.74) is 2.90. The average Bonchev–Trinajstić information content (AvgIpc) is 2.55. The lowest BCUT2D eigenvalue weighted by molar-refractivity contribution is -0.119. The zero-order valence-electron chi connectivity index (χ0n) is 13.2. The summed E-state index contributed by atoms with van der Waals surface area (Å²) in [6.45, 7) is 3.92. The predicted octanol–water partition coefficient (Wildman–Crippen LogP) is 4.27. The molecular weight excluding hydrogens is 272 g/mol. The molecule has 22 heavy (non-hydrogen) atoms. The van der Waals surface area contributed by atoms with Crippen LogP contribution in [0.15, 0.2) is 54.6 Å². The molecule has 0 fully saturated rings. The SMILES string of the molecule is CCc1ccc(C(=O)C(C)CC(=O)Cc2ccccc2)cc1. The van der Waals surface area contributed by atoms with Gasteiger partial charge < -0.3 is 0 Å². The number of rotatable bonds is 7. The molecule has 0 aliphatic rings. The number of carbonyl (C=O) groups excluding carboxylic acids is 2. The molecule has 0 saturated carbocycles. The third-order valence-corrected chi connectivity index (χ3v) is 3.87. The Balaban J connectivity index is 1.94. The third kappa shape index (κ3) is 4.39. The van der Waals surface area contributed by atoms with E-state index in [0.717, 1.165) is 12.0 Å². The smallest absolute Gasteiger partial charge is 0.166 e. The summed E-state index contributed by atoms with van der Waals surface area (Å²) >= 11 is 0. The maximum atomic E-state index is 12.4. The van der Waals surface area contributed by atoms with Crippen LogP contribution in [-0.4, -0.2) is 11.6 Å². The van der Waals surface area contributed by atoms with Crippen LogP contribution in [0.5, 0.6) is 0 Å². The van der Waals surface area contributed by atoms with Crippen molar-refractivity contribution in [2.75, 3.05) is 0 Å². The van der Waals surface area contributed by atoms with E-state index in [-0.39, 0.29) is 17.5 Å². The number of aryl methyl sites for hydroxylation is 1. The van der Waals surface area contributed by atoms with Gasteiger partial charge in [0, 0.05) is 24.3 Å². The molecule has 0 aliphatic heterocycles. The first kappa shape index (κ1) is 16.2. The van der Waals surface area contributed by atoms with Crippen LogP contribution in [0.4, 0.5) is 0 Å². The summed E-state index contributed by atoms with van der Waals surface area (Å²) in [6.07, 6.45) is 1.65. The summed E-state index contributed by atoms with van der Waals surface area (Å²) in [6, 6.07) is 17.3. The van der Waals surface area contributed by atoms with Crippen LogP contribution in [-0.2, 0) is 17.6 Å². The molecule has 2 aromatic rings. The molecule has 0 amide bonds. The van der Waals surface area contributed by atoms with Gasteiger partial charge in [-0.1, -0.05) is 68.4 Å². The lowest BCUT2D eigenvalue weighted by atomic mass is 9.92. The van der Waals surface area contributed by atoms with Gasteiger partial charge in [-0.2, -0.15) is 0 Å². The van der Waals surface area contributed by atoms with Crippen molar-refractivity contribution >= 4 is 11.6 Å². The Bertz CT molecular complexity index is 627. The van der Waals surface area contributed by atoms with Gasteiger partial charge in [0.2, 0.25) is 0 Å². The molecule has 0 saturated heterocycles. The highest BCUT2D eigenvalue weighted by atomic mass is 16.1. The van der Waals surface area contributed by atoms with E-state index in [1.165, 1.54) is 5.56 Å². The molecule has 2 rings (SSSR count). The van der Waals surface area contributed by atoms with E-state index in [1.54, 1.807) is 0 Å². The molecule has 0 heterocycles. The van der Waals surface area contributed by atoms with Crippen molar-refractivity contribution in [3.63, 3.8) is 0 Å². The number of hydrogen-bond acceptors (Lipinski definition) is 2. The number of Topliss-reactive ketones (excluding diaryl/α,β-unsaturated/α-hetero) is 2. The quantitative estimate of drug-likeness (QED) is 0.715. The summed E-state index contributed by atoms with van der Waals surface area (Å²) in [4.78, 5) is 24.5. The molecule has 2 nitrogen and oxygen atoms in total. The molecule has 1 unspecified atom stereocenters. The largest absolute Gasteiger partial charge is 0.299 e. The maximum Gasteiger partial charge on any atom is 0.166 e. The van der Waals surface area contributed by atoms with Crippen molar-refractivity contribution in [3.05, 3.63) is 71.3 Å².